The number of carboxylic acids is 1. The van der Waals surface area contributed by atoms with Gasteiger partial charge in [0.2, 0.25) is 5.75 Å². The molecule has 14 heavy (non-hydrogen) atoms. The first-order valence-corrected chi connectivity index (χ1v) is 3.89. The van der Waals surface area contributed by atoms with Gasteiger partial charge in [-0.25, -0.2) is 4.79 Å². The quantitative estimate of drug-likeness (QED) is 0.746. The standard InChI is InChI=1S/C10H9O4/c1-14-9-6-7(2-4-8(9)11)3-5-10(12)13/h2-6H,1H3,(H,12,13)/b5-3+. The van der Waals surface area contributed by atoms with Crippen LogP contribution in [-0.4, -0.2) is 18.2 Å². The molecule has 0 heterocycles. The van der Waals surface area contributed by atoms with Crippen LogP contribution in [-0.2, 0) is 9.90 Å². The normalized spacial score (nSPS) is 10.4. The van der Waals surface area contributed by atoms with Gasteiger partial charge in [0.15, 0.2) is 5.75 Å². The lowest BCUT2D eigenvalue weighted by Crippen LogP contribution is -1.87. The molecule has 0 saturated carbocycles. The summed E-state index contributed by atoms with van der Waals surface area (Å²) in [6.45, 7) is 0. The van der Waals surface area contributed by atoms with Gasteiger partial charge < -0.3 is 9.84 Å². The molecule has 0 aromatic heterocycles. The summed E-state index contributed by atoms with van der Waals surface area (Å²) in [6, 6.07) is 4.35. The molecule has 4 nitrogen and oxygen atoms in total. The number of hydrogen-bond acceptors (Lipinski definition) is 2. The van der Waals surface area contributed by atoms with Gasteiger partial charge in [0, 0.05) is 6.08 Å². The maximum absolute atomic E-state index is 11.1. The Hall–Kier alpha value is -1.97. The second-order valence-electron chi connectivity index (χ2n) is 2.58. The van der Waals surface area contributed by atoms with Crippen molar-refractivity contribution in [1.29, 1.82) is 0 Å². The largest absolute Gasteiger partial charge is 0.493 e. The van der Waals surface area contributed by atoms with Crippen LogP contribution in [0.2, 0.25) is 0 Å². The first kappa shape index (κ1) is 10.1. The van der Waals surface area contributed by atoms with Gasteiger partial charge in [-0.15, -0.1) is 0 Å². The monoisotopic (exact) mass is 193 g/mol. The van der Waals surface area contributed by atoms with Crippen molar-refractivity contribution >= 4 is 12.0 Å². The van der Waals surface area contributed by atoms with E-state index in [2.05, 4.69) is 0 Å². The number of methoxy groups -OCH3 is 1. The summed E-state index contributed by atoms with van der Waals surface area (Å²) in [5.41, 5.74) is 0.615. The highest BCUT2D eigenvalue weighted by atomic mass is 16.5. The van der Waals surface area contributed by atoms with Crippen LogP contribution >= 0.6 is 0 Å². The molecule has 73 valence electrons. The fraction of sp³-hybridized carbons (Fsp3) is 0.100. The van der Waals surface area contributed by atoms with Gasteiger partial charge in [-0.3, -0.25) is 5.11 Å². The summed E-state index contributed by atoms with van der Waals surface area (Å²) >= 11 is 0. The van der Waals surface area contributed by atoms with Gasteiger partial charge in [0.25, 0.3) is 0 Å². The lowest BCUT2D eigenvalue weighted by Gasteiger charge is -2.01. The summed E-state index contributed by atoms with van der Waals surface area (Å²) in [6.07, 6.45) is 2.39. The smallest absolute Gasteiger partial charge is 0.328 e. The van der Waals surface area contributed by atoms with Crippen LogP contribution in [0.3, 0.4) is 0 Å². The second kappa shape index (κ2) is 4.32. The molecule has 1 radical (unpaired) electrons. The molecule has 0 saturated heterocycles. The van der Waals surface area contributed by atoms with Crippen LogP contribution in [0.1, 0.15) is 5.56 Å². The molecule has 0 atom stereocenters. The molecule has 0 spiro atoms. The number of carboxylic acid groups (broad SMARTS) is 1. The number of rotatable bonds is 3. The molecule has 1 N–H and O–H groups in total. The molecular weight excluding hydrogens is 184 g/mol. The number of ether oxygens (including phenoxy) is 1. The Kier molecular flexibility index (Phi) is 3.12. The summed E-state index contributed by atoms with van der Waals surface area (Å²) < 4.78 is 4.80. The van der Waals surface area contributed by atoms with E-state index in [1.807, 2.05) is 0 Å². The first-order valence-electron chi connectivity index (χ1n) is 3.89. The Bertz CT molecular complexity index is 368. The van der Waals surface area contributed by atoms with Crippen LogP contribution in [0.5, 0.6) is 11.5 Å². The summed E-state index contributed by atoms with van der Waals surface area (Å²) in [5.74, 6) is -1.05. The molecule has 0 bridgehead atoms. The topological polar surface area (TPSA) is 66.4 Å². The molecule has 0 aliphatic rings. The molecule has 1 aromatic carbocycles. The Morgan fingerprint density at radius 2 is 2.21 bits per heavy atom. The third-order valence-electron chi connectivity index (χ3n) is 1.61. The van der Waals surface area contributed by atoms with Crippen LogP contribution in [0.25, 0.3) is 6.08 Å². The van der Waals surface area contributed by atoms with Crippen molar-refractivity contribution in [3.8, 4) is 11.5 Å². The highest BCUT2D eigenvalue weighted by Crippen LogP contribution is 2.27. The minimum Gasteiger partial charge on any atom is -0.493 e. The average Bonchev–Trinajstić information content (AvgIpc) is 2.16. The van der Waals surface area contributed by atoms with Crippen molar-refractivity contribution in [2.24, 2.45) is 0 Å². The van der Waals surface area contributed by atoms with Gasteiger partial charge >= 0.3 is 5.97 Å². The number of hydrogen-bond donors (Lipinski definition) is 1. The zero-order valence-corrected chi connectivity index (χ0v) is 7.56. The van der Waals surface area contributed by atoms with E-state index in [9.17, 15) is 9.90 Å². The van der Waals surface area contributed by atoms with E-state index in [4.69, 9.17) is 9.84 Å². The SMILES string of the molecule is COc1cc(/C=C/C(=O)O)ccc1[O]. The fourth-order valence-corrected chi connectivity index (χ4v) is 0.955. The Morgan fingerprint density at radius 3 is 2.79 bits per heavy atom. The lowest BCUT2D eigenvalue weighted by atomic mass is 10.2. The molecule has 1 rings (SSSR count). The summed E-state index contributed by atoms with van der Waals surface area (Å²) in [5, 5.41) is 19.5. The Labute approximate surface area is 81.1 Å². The zero-order valence-electron chi connectivity index (χ0n) is 7.56. The van der Waals surface area contributed by atoms with Gasteiger partial charge in [-0.1, -0.05) is 6.07 Å². The maximum atomic E-state index is 11.1. The van der Waals surface area contributed by atoms with Crippen molar-refractivity contribution in [3.05, 3.63) is 29.8 Å². The van der Waals surface area contributed by atoms with E-state index in [0.29, 0.717) is 5.56 Å². The van der Waals surface area contributed by atoms with Crippen LogP contribution < -0.4 is 4.74 Å². The first-order chi connectivity index (χ1) is 6.63. The zero-order chi connectivity index (χ0) is 10.6. The summed E-state index contributed by atoms with van der Waals surface area (Å²) in [4.78, 5) is 10.2. The lowest BCUT2D eigenvalue weighted by molar-refractivity contribution is -0.131. The highest BCUT2D eigenvalue weighted by molar-refractivity contribution is 5.85. The average molecular weight is 193 g/mol. The van der Waals surface area contributed by atoms with Crippen LogP contribution in [0.4, 0.5) is 0 Å². The van der Waals surface area contributed by atoms with E-state index in [1.54, 1.807) is 0 Å². The van der Waals surface area contributed by atoms with Gasteiger partial charge in [0.05, 0.1) is 7.11 Å². The minimum atomic E-state index is -1.03. The predicted molar refractivity (Wildman–Crippen MR) is 49.8 cm³/mol. The van der Waals surface area contributed by atoms with E-state index < -0.39 is 5.97 Å². The third-order valence-corrected chi connectivity index (χ3v) is 1.61. The molecule has 4 heteroatoms. The highest BCUT2D eigenvalue weighted by Gasteiger charge is 2.02. The van der Waals surface area contributed by atoms with Crippen molar-refractivity contribution < 1.29 is 19.7 Å². The van der Waals surface area contributed by atoms with Crippen molar-refractivity contribution in [3.63, 3.8) is 0 Å². The van der Waals surface area contributed by atoms with Gasteiger partial charge in [0.1, 0.15) is 0 Å². The molecular formula is C10H9O4. The van der Waals surface area contributed by atoms with E-state index in [0.717, 1.165) is 6.08 Å². The minimum absolute atomic E-state index is 0.206. The molecule has 0 unspecified atom stereocenters. The molecule has 0 aliphatic heterocycles. The van der Waals surface area contributed by atoms with Crippen molar-refractivity contribution in [2.75, 3.05) is 7.11 Å². The number of aliphatic carboxylic acids is 1. The Balaban J connectivity index is 2.95. The predicted octanol–water partition coefficient (Wildman–Crippen LogP) is 1.94. The number of benzene rings is 1. The molecule has 1 aromatic rings. The van der Waals surface area contributed by atoms with Crippen LogP contribution in [0, 0.1) is 0 Å². The third kappa shape index (κ3) is 2.52. The van der Waals surface area contributed by atoms with Gasteiger partial charge in [-0.2, -0.15) is 0 Å². The maximum Gasteiger partial charge on any atom is 0.328 e. The van der Waals surface area contributed by atoms with E-state index in [-0.39, 0.29) is 11.5 Å². The van der Waals surface area contributed by atoms with Crippen LogP contribution in [0.15, 0.2) is 24.3 Å². The van der Waals surface area contributed by atoms with E-state index in [1.165, 1.54) is 31.4 Å². The van der Waals surface area contributed by atoms with Crippen molar-refractivity contribution in [2.45, 2.75) is 0 Å². The molecule has 0 aliphatic carbocycles. The Morgan fingerprint density at radius 1 is 1.50 bits per heavy atom. The second-order valence-corrected chi connectivity index (χ2v) is 2.58. The summed E-state index contributed by atoms with van der Waals surface area (Å²) in [7, 11) is 1.39. The molecule has 0 fully saturated rings. The van der Waals surface area contributed by atoms with E-state index >= 15 is 0 Å². The molecule has 0 amide bonds. The van der Waals surface area contributed by atoms with Crippen molar-refractivity contribution in [1.82, 2.24) is 0 Å². The number of carbonyl (C=O) groups is 1. The fourth-order valence-electron chi connectivity index (χ4n) is 0.955. The van der Waals surface area contributed by atoms with Gasteiger partial charge in [-0.05, 0) is 23.8 Å².